The van der Waals surface area contributed by atoms with Crippen LogP contribution in [0.4, 0.5) is 0 Å². The molecular weight excluding hydrogens is 250 g/mol. The van der Waals surface area contributed by atoms with Gasteiger partial charge in [0.05, 0.1) is 5.52 Å². The fourth-order valence-corrected chi connectivity index (χ4v) is 2.01. The Labute approximate surface area is 108 Å². The van der Waals surface area contributed by atoms with E-state index in [9.17, 15) is 4.79 Å². The smallest absolute Gasteiger partial charge is 0.245 e. The van der Waals surface area contributed by atoms with Gasteiger partial charge in [0.25, 0.3) is 0 Å². The van der Waals surface area contributed by atoms with Crippen LogP contribution in [-0.4, -0.2) is 14.5 Å². The van der Waals surface area contributed by atoms with Gasteiger partial charge in [-0.1, -0.05) is 17.7 Å². The van der Waals surface area contributed by atoms with Crippen LogP contribution in [-0.2, 0) is 0 Å². The van der Waals surface area contributed by atoms with Gasteiger partial charge in [-0.25, -0.2) is 19.3 Å². The Balaban J connectivity index is 2.41. The molecule has 0 aliphatic carbocycles. The van der Waals surface area contributed by atoms with Gasteiger partial charge >= 0.3 is 5.69 Å². The van der Waals surface area contributed by atoms with Gasteiger partial charge in [0.2, 0.25) is 0 Å². The van der Waals surface area contributed by atoms with Crippen molar-refractivity contribution in [3.63, 3.8) is 0 Å². The summed E-state index contributed by atoms with van der Waals surface area (Å²) in [6, 6.07) is 10.7. The van der Waals surface area contributed by atoms with Crippen molar-refractivity contribution in [1.29, 1.82) is 0 Å². The molecular formula is C13H8ClN3O. The second kappa shape index (κ2) is 4.23. The Hall–Kier alpha value is -2.20. The van der Waals surface area contributed by atoms with Crippen LogP contribution in [0, 0.1) is 0 Å². The maximum atomic E-state index is 11.9. The summed E-state index contributed by atoms with van der Waals surface area (Å²) in [5.41, 5.74) is 0.377. The monoisotopic (exact) mass is 257 g/mol. The summed E-state index contributed by atoms with van der Waals surface area (Å²) < 4.78 is 1.46. The second-order valence-corrected chi connectivity index (χ2v) is 4.20. The molecule has 0 N–H and O–H groups in total. The third-order valence-corrected chi connectivity index (χ3v) is 2.85. The minimum absolute atomic E-state index is 0.358. The lowest BCUT2D eigenvalue weighted by atomic mass is 10.2. The molecule has 4 nitrogen and oxygen atoms in total. The summed E-state index contributed by atoms with van der Waals surface area (Å²) in [5, 5.41) is 1.41. The third kappa shape index (κ3) is 1.76. The molecule has 0 aliphatic rings. The van der Waals surface area contributed by atoms with E-state index in [0.717, 1.165) is 10.9 Å². The van der Waals surface area contributed by atoms with E-state index in [2.05, 4.69) is 9.97 Å². The summed E-state index contributed by atoms with van der Waals surface area (Å²) in [7, 11) is 0. The van der Waals surface area contributed by atoms with E-state index in [1.807, 2.05) is 6.07 Å². The maximum absolute atomic E-state index is 11.9. The molecule has 3 aromatic rings. The molecule has 0 saturated heterocycles. The number of benzene rings is 1. The number of aromatic nitrogens is 3. The van der Waals surface area contributed by atoms with Crippen LogP contribution in [0.15, 0.2) is 53.6 Å². The Bertz CT molecular complexity index is 768. The molecule has 5 heteroatoms. The lowest BCUT2D eigenvalue weighted by Crippen LogP contribution is -2.21. The first kappa shape index (κ1) is 10.9. The molecule has 0 atom stereocenters. The molecule has 0 saturated carbocycles. The van der Waals surface area contributed by atoms with E-state index in [1.54, 1.807) is 36.5 Å². The number of hydrogen-bond donors (Lipinski definition) is 0. The quantitative estimate of drug-likeness (QED) is 0.673. The molecule has 0 unspecified atom stereocenters. The average molecular weight is 258 g/mol. The standard InChI is InChI=1S/C13H8ClN3O/c14-10-4-5-11-9(7-10)8-16-13(18)17(11)12-3-1-2-6-15-12/h1-8H. The molecule has 1 aromatic carbocycles. The Morgan fingerprint density at radius 2 is 2.00 bits per heavy atom. The van der Waals surface area contributed by atoms with Crippen molar-refractivity contribution in [2.75, 3.05) is 0 Å². The minimum Gasteiger partial charge on any atom is -0.245 e. The van der Waals surface area contributed by atoms with Gasteiger partial charge in [0.15, 0.2) is 0 Å². The zero-order valence-electron chi connectivity index (χ0n) is 9.25. The SMILES string of the molecule is O=c1ncc2cc(Cl)ccc2n1-c1ccccn1. The number of halogens is 1. The number of pyridine rings is 1. The normalized spacial score (nSPS) is 10.7. The number of rotatable bonds is 1. The molecule has 0 radical (unpaired) electrons. The van der Waals surface area contributed by atoms with Gasteiger partial charge in [-0.05, 0) is 30.3 Å². The van der Waals surface area contributed by atoms with Crippen molar-refractivity contribution in [1.82, 2.24) is 14.5 Å². The van der Waals surface area contributed by atoms with Crippen LogP contribution in [0.5, 0.6) is 0 Å². The van der Waals surface area contributed by atoms with E-state index in [0.29, 0.717) is 10.8 Å². The van der Waals surface area contributed by atoms with Gasteiger partial charge < -0.3 is 0 Å². The fourth-order valence-electron chi connectivity index (χ4n) is 1.83. The van der Waals surface area contributed by atoms with Crippen molar-refractivity contribution in [3.8, 4) is 5.82 Å². The summed E-state index contributed by atoms with van der Waals surface area (Å²) >= 11 is 5.93. The topological polar surface area (TPSA) is 47.8 Å². The summed E-state index contributed by atoms with van der Waals surface area (Å²) in [5.74, 6) is 0.544. The summed E-state index contributed by atoms with van der Waals surface area (Å²) in [6.45, 7) is 0. The van der Waals surface area contributed by atoms with Gasteiger partial charge in [0, 0.05) is 22.8 Å². The van der Waals surface area contributed by atoms with Crippen molar-refractivity contribution >= 4 is 22.5 Å². The molecule has 18 heavy (non-hydrogen) atoms. The van der Waals surface area contributed by atoms with Gasteiger partial charge in [0.1, 0.15) is 5.82 Å². The minimum atomic E-state index is -0.358. The van der Waals surface area contributed by atoms with Gasteiger partial charge in [-0.2, -0.15) is 0 Å². The molecule has 2 heterocycles. The molecule has 88 valence electrons. The molecule has 3 rings (SSSR count). The predicted octanol–water partition coefficient (Wildman–Crippen LogP) is 2.43. The first-order valence-electron chi connectivity index (χ1n) is 5.34. The zero-order chi connectivity index (χ0) is 12.5. The van der Waals surface area contributed by atoms with E-state index in [4.69, 9.17) is 11.6 Å². The summed E-state index contributed by atoms with van der Waals surface area (Å²) in [4.78, 5) is 19.9. The van der Waals surface area contributed by atoms with Crippen molar-refractivity contribution in [3.05, 3.63) is 64.3 Å². The number of hydrogen-bond acceptors (Lipinski definition) is 3. The third-order valence-electron chi connectivity index (χ3n) is 2.61. The highest BCUT2D eigenvalue weighted by Gasteiger charge is 2.07. The molecule has 0 amide bonds. The zero-order valence-corrected chi connectivity index (χ0v) is 10.0. The Morgan fingerprint density at radius 1 is 1.11 bits per heavy atom. The lowest BCUT2D eigenvalue weighted by Gasteiger charge is -2.08. The molecule has 0 bridgehead atoms. The van der Waals surface area contributed by atoms with E-state index in [1.165, 1.54) is 10.8 Å². The van der Waals surface area contributed by atoms with E-state index >= 15 is 0 Å². The lowest BCUT2D eigenvalue weighted by molar-refractivity contribution is 0.923. The average Bonchev–Trinajstić information content (AvgIpc) is 2.40. The predicted molar refractivity (Wildman–Crippen MR) is 70.1 cm³/mol. The fraction of sp³-hybridized carbons (Fsp3) is 0. The Morgan fingerprint density at radius 3 is 2.78 bits per heavy atom. The van der Waals surface area contributed by atoms with Crippen LogP contribution in [0.3, 0.4) is 0 Å². The maximum Gasteiger partial charge on any atom is 0.353 e. The van der Waals surface area contributed by atoms with Crippen molar-refractivity contribution in [2.24, 2.45) is 0 Å². The van der Waals surface area contributed by atoms with Crippen LogP contribution >= 0.6 is 11.6 Å². The van der Waals surface area contributed by atoms with E-state index in [-0.39, 0.29) is 5.69 Å². The second-order valence-electron chi connectivity index (χ2n) is 3.77. The molecule has 0 spiro atoms. The largest absolute Gasteiger partial charge is 0.353 e. The summed E-state index contributed by atoms with van der Waals surface area (Å²) in [6.07, 6.45) is 3.15. The van der Waals surface area contributed by atoms with Crippen LogP contribution in [0.1, 0.15) is 0 Å². The molecule has 0 fully saturated rings. The molecule has 0 aliphatic heterocycles. The first-order valence-corrected chi connectivity index (χ1v) is 5.72. The number of fused-ring (bicyclic) bond motifs is 1. The highest BCUT2D eigenvalue weighted by Crippen LogP contribution is 2.18. The van der Waals surface area contributed by atoms with E-state index < -0.39 is 0 Å². The van der Waals surface area contributed by atoms with Crippen LogP contribution in [0.25, 0.3) is 16.7 Å². The van der Waals surface area contributed by atoms with Crippen LogP contribution in [0.2, 0.25) is 5.02 Å². The van der Waals surface area contributed by atoms with Crippen molar-refractivity contribution < 1.29 is 0 Å². The first-order chi connectivity index (χ1) is 8.75. The molecule has 2 aromatic heterocycles. The number of nitrogens with zero attached hydrogens (tertiary/aromatic N) is 3. The van der Waals surface area contributed by atoms with Crippen molar-refractivity contribution in [2.45, 2.75) is 0 Å². The van der Waals surface area contributed by atoms with Crippen LogP contribution < -0.4 is 5.69 Å². The van der Waals surface area contributed by atoms with Gasteiger partial charge in [-0.15, -0.1) is 0 Å². The Kier molecular flexibility index (Phi) is 2.57. The van der Waals surface area contributed by atoms with Gasteiger partial charge in [-0.3, -0.25) is 0 Å². The highest BCUT2D eigenvalue weighted by molar-refractivity contribution is 6.31. The highest BCUT2D eigenvalue weighted by atomic mass is 35.5.